The lowest BCUT2D eigenvalue weighted by Crippen LogP contribution is -2.30. The third-order valence-electron chi connectivity index (χ3n) is 2.39. The number of carbonyl (C=O) groups excluding carboxylic acids is 2. The molecule has 1 fully saturated rings. The number of esters is 1. The van der Waals surface area contributed by atoms with Crippen LogP contribution in [-0.4, -0.2) is 30.4 Å². The van der Waals surface area contributed by atoms with Crippen LogP contribution in [0.4, 0.5) is 0 Å². The molecule has 0 saturated carbocycles. The van der Waals surface area contributed by atoms with Crippen molar-refractivity contribution in [1.82, 2.24) is 4.90 Å². The number of carbonyl (C=O) groups is 2. The predicted octanol–water partition coefficient (Wildman–Crippen LogP) is 0.528. The zero-order valence-electron chi connectivity index (χ0n) is 9.31. The number of nitrogens with two attached hydrogens (primary N) is 1. The normalized spacial score (nSPS) is 17.9. The number of hydrogen-bond acceptors (Lipinski definition) is 4. The Labute approximate surface area is 94.5 Å². The molecule has 1 saturated heterocycles. The first kappa shape index (κ1) is 12.3. The van der Waals surface area contributed by atoms with Gasteiger partial charge in [-0.3, -0.25) is 4.79 Å². The summed E-state index contributed by atoms with van der Waals surface area (Å²) in [7, 11) is 1.28. The van der Waals surface area contributed by atoms with E-state index >= 15 is 0 Å². The molecule has 0 unspecified atom stereocenters. The number of rotatable bonds is 3. The summed E-state index contributed by atoms with van der Waals surface area (Å²) in [4.78, 5) is 24.2. The van der Waals surface area contributed by atoms with Crippen molar-refractivity contribution in [2.45, 2.75) is 19.3 Å². The number of likely N-dealkylation sites (tertiary alicyclic amines) is 1. The third kappa shape index (κ3) is 3.12. The summed E-state index contributed by atoms with van der Waals surface area (Å²) in [6.45, 7) is 0.689. The summed E-state index contributed by atoms with van der Waals surface area (Å²) < 4.78 is 4.53. The molecule has 0 aromatic carbocycles. The van der Waals surface area contributed by atoms with E-state index in [1.54, 1.807) is 11.1 Å². The molecular formula is C11H16N2O3. The number of piperidine rings is 1. The van der Waals surface area contributed by atoms with Gasteiger partial charge >= 0.3 is 5.97 Å². The molecule has 1 rings (SSSR count). The van der Waals surface area contributed by atoms with Crippen molar-refractivity contribution in [2.75, 3.05) is 13.7 Å². The lowest BCUT2D eigenvalue weighted by Gasteiger charge is -2.22. The lowest BCUT2D eigenvalue weighted by atomic mass is 10.1. The molecule has 0 aromatic heterocycles. The van der Waals surface area contributed by atoms with E-state index in [-0.39, 0.29) is 11.5 Å². The van der Waals surface area contributed by atoms with E-state index < -0.39 is 5.97 Å². The minimum Gasteiger partial charge on any atom is -0.465 e. The van der Waals surface area contributed by atoms with Gasteiger partial charge in [-0.1, -0.05) is 0 Å². The molecule has 1 aliphatic heterocycles. The molecule has 0 aromatic rings. The van der Waals surface area contributed by atoms with Gasteiger partial charge in [0.2, 0.25) is 5.91 Å². The van der Waals surface area contributed by atoms with Crippen LogP contribution in [0, 0.1) is 0 Å². The third-order valence-corrected chi connectivity index (χ3v) is 2.39. The van der Waals surface area contributed by atoms with Gasteiger partial charge in [0.25, 0.3) is 0 Å². The Morgan fingerprint density at radius 1 is 1.50 bits per heavy atom. The predicted molar refractivity (Wildman–Crippen MR) is 59.0 cm³/mol. The van der Waals surface area contributed by atoms with E-state index in [4.69, 9.17) is 5.73 Å². The van der Waals surface area contributed by atoms with Crippen LogP contribution in [-0.2, 0) is 14.3 Å². The van der Waals surface area contributed by atoms with E-state index in [9.17, 15) is 9.59 Å². The van der Waals surface area contributed by atoms with E-state index in [1.165, 1.54) is 13.2 Å². The maximum atomic E-state index is 11.4. The average Bonchev–Trinajstić information content (AvgIpc) is 2.31. The van der Waals surface area contributed by atoms with Crippen molar-refractivity contribution in [1.29, 1.82) is 0 Å². The number of ether oxygens (including phenoxy) is 1. The van der Waals surface area contributed by atoms with Gasteiger partial charge < -0.3 is 15.4 Å². The van der Waals surface area contributed by atoms with Gasteiger partial charge in [-0.2, -0.15) is 0 Å². The van der Waals surface area contributed by atoms with Crippen LogP contribution in [0.5, 0.6) is 0 Å². The molecule has 2 N–H and O–H groups in total. The molecule has 1 aliphatic rings. The minimum atomic E-state index is -0.511. The number of methoxy groups -OCH3 is 1. The molecule has 0 bridgehead atoms. The van der Waals surface area contributed by atoms with Gasteiger partial charge in [0.1, 0.15) is 0 Å². The monoisotopic (exact) mass is 224 g/mol. The van der Waals surface area contributed by atoms with Gasteiger partial charge in [0.05, 0.1) is 12.7 Å². The Bertz CT molecular complexity index is 334. The zero-order chi connectivity index (χ0) is 12.0. The number of hydrogen-bond donors (Lipinski definition) is 1. The Morgan fingerprint density at radius 3 is 2.81 bits per heavy atom. The molecular weight excluding hydrogens is 208 g/mol. The van der Waals surface area contributed by atoms with Crippen LogP contribution in [0.15, 0.2) is 24.0 Å². The second-order valence-corrected chi connectivity index (χ2v) is 3.47. The standard InChI is InChI=1S/C11H16N2O3/c1-16-11(15)9(8-12)5-7-13-6-3-2-4-10(13)14/h5,7-8H,2-4,6,12H2,1H3/b7-5+,9-8+. The molecule has 88 valence electrons. The summed E-state index contributed by atoms with van der Waals surface area (Å²) in [5, 5.41) is 0. The Balaban J connectivity index is 2.63. The summed E-state index contributed by atoms with van der Waals surface area (Å²) in [6.07, 6.45) is 6.71. The zero-order valence-corrected chi connectivity index (χ0v) is 9.31. The highest BCUT2D eigenvalue weighted by molar-refractivity contribution is 5.91. The van der Waals surface area contributed by atoms with E-state index in [0.29, 0.717) is 13.0 Å². The van der Waals surface area contributed by atoms with Crippen LogP contribution in [0.2, 0.25) is 0 Å². The van der Waals surface area contributed by atoms with Gasteiger partial charge in [0.15, 0.2) is 0 Å². The second-order valence-electron chi connectivity index (χ2n) is 3.47. The summed E-state index contributed by atoms with van der Waals surface area (Å²) in [5.74, 6) is -0.438. The van der Waals surface area contributed by atoms with Crippen molar-refractivity contribution in [3.05, 3.63) is 24.0 Å². The molecule has 5 heteroatoms. The molecule has 1 amide bonds. The SMILES string of the molecule is COC(=O)C(/C=C/N1CCCCC1=O)=C/N. The quantitative estimate of drug-likeness (QED) is 0.431. The van der Waals surface area contributed by atoms with Crippen molar-refractivity contribution >= 4 is 11.9 Å². The topological polar surface area (TPSA) is 72.6 Å². The Morgan fingerprint density at radius 2 is 2.25 bits per heavy atom. The van der Waals surface area contributed by atoms with Crippen LogP contribution in [0.1, 0.15) is 19.3 Å². The van der Waals surface area contributed by atoms with Crippen LogP contribution < -0.4 is 5.73 Å². The fourth-order valence-corrected chi connectivity index (χ4v) is 1.46. The summed E-state index contributed by atoms with van der Waals surface area (Å²) in [6, 6.07) is 0. The van der Waals surface area contributed by atoms with Gasteiger partial charge in [-0.05, 0) is 18.9 Å². The molecule has 0 radical (unpaired) electrons. The maximum absolute atomic E-state index is 11.4. The number of amides is 1. The Hall–Kier alpha value is -1.78. The van der Waals surface area contributed by atoms with Crippen LogP contribution in [0.3, 0.4) is 0 Å². The molecule has 0 aliphatic carbocycles. The van der Waals surface area contributed by atoms with E-state index in [2.05, 4.69) is 4.74 Å². The molecule has 5 nitrogen and oxygen atoms in total. The highest BCUT2D eigenvalue weighted by Gasteiger charge is 2.15. The largest absolute Gasteiger partial charge is 0.465 e. The fourth-order valence-electron chi connectivity index (χ4n) is 1.46. The minimum absolute atomic E-state index is 0.0729. The van der Waals surface area contributed by atoms with Gasteiger partial charge in [-0.15, -0.1) is 0 Å². The molecule has 0 atom stereocenters. The highest BCUT2D eigenvalue weighted by atomic mass is 16.5. The second kappa shape index (κ2) is 5.95. The highest BCUT2D eigenvalue weighted by Crippen LogP contribution is 2.11. The first-order chi connectivity index (χ1) is 7.69. The summed E-state index contributed by atoms with van der Waals surface area (Å²) in [5.41, 5.74) is 5.52. The van der Waals surface area contributed by atoms with Crippen molar-refractivity contribution < 1.29 is 14.3 Å². The first-order valence-electron chi connectivity index (χ1n) is 5.17. The van der Waals surface area contributed by atoms with Crippen LogP contribution >= 0.6 is 0 Å². The van der Waals surface area contributed by atoms with E-state index in [1.807, 2.05) is 0 Å². The molecule has 0 spiro atoms. The van der Waals surface area contributed by atoms with Gasteiger partial charge in [0, 0.05) is 25.4 Å². The summed E-state index contributed by atoms with van der Waals surface area (Å²) >= 11 is 0. The molecule has 1 heterocycles. The Kier molecular flexibility index (Phi) is 4.57. The first-order valence-corrected chi connectivity index (χ1v) is 5.17. The van der Waals surface area contributed by atoms with Gasteiger partial charge in [-0.25, -0.2) is 4.79 Å². The maximum Gasteiger partial charge on any atom is 0.339 e. The van der Waals surface area contributed by atoms with Crippen LogP contribution in [0.25, 0.3) is 0 Å². The van der Waals surface area contributed by atoms with Crippen molar-refractivity contribution in [3.8, 4) is 0 Å². The van der Waals surface area contributed by atoms with E-state index in [0.717, 1.165) is 19.0 Å². The average molecular weight is 224 g/mol. The smallest absolute Gasteiger partial charge is 0.339 e. The molecule has 16 heavy (non-hydrogen) atoms. The lowest BCUT2D eigenvalue weighted by molar-refractivity contribution is -0.136. The fraction of sp³-hybridized carbons (Fsp3) is 0.455. The van der Waals surface area contributed by atoms with Crippen molar-refractivity contribution in [3.63, 3.8) is 0 Å². The number of nitrogens with zero attached hydrogens (tertiary/aromatic N) is 1. The van der Waals surface area contributed by atoms with Crippen molar-refractivity contribution in [2.24, 2.45) is 5.73 Å².